The van der Waals surface area contributed by atoms with Gasteiger partial charge in [-0.15, -0.1) is 0 Å². The van der Waals surface area contributed by atoms with Crippen molar-refractivity contribution in [3.8, 4) is 23.0 Å². The number of aliphatic hydroxyl groups is 1. The number of ether oxygens (including phenoxy) is 2. The molecule has 2 rings (SSSR count). The third-order valence-corrected chi connectivity index (χ3v) is 3.58. The number of allylic oxidation sites excluding steroid dienone is 3. The van der Waals surface area contributed by atoms with Crippen LogP contribution >= 0.6 is 0 Å². The van der Waals surface area contributed by atoms with Crippen LogP contribution in [-0.2, 0) is 29.1 Å². The summed E-state index contributed by atoms with van der Waals surface area (Å²) >= 11 is 0. The molecule has 0 aliphatic rings. The number of hydrogen-bond acceptors (Lipinski definition) is 7. The second kappa shape index (κ2) is 16.1. The molecule has 2 aromatic carbocycles. The summed E-state index contributed by atoms with van der Waals surface area (Å²) in [6.45, 7) is 1.08. The maximum absolute atomic E-state index is 11.9. The van der Waals surface area contributed by atoms with Crippen molar-refractivity contribution in [2.75, 3.05) is 14.2 Å². The van der Waals surface area contributed by atoms with E-state index < -0.39 is 11.8 Å². The molecule has 2 aromatic rings. The van der Waals surface area contributed by atoms with Gasteiger partial charge in [0, 0.05) is 13.0 Å². The van der Waals surface area contributed by atoms with Gasteiger partial charge in [0.25, 0.3) is 5.97 Å². The van der Waals surface area contributed by atoms with Crippen LogP contribution < -0.4 is 9.47 Å². The predicted molar refractivity (Wildman–Crippen MR) is 120 cm³/mol. The van der Waals surface area contributed by atoms with Gasteiger partial charge in [-0.05, 0) is 47.5 Å². The standard InChI is InChI=1S/C21H20O6.C2H4O2.H2O.Zn/c1-26-20-11-14(5-9-18(20)24)3-7-16(22)13-17(23)8-4-15-6-10-19(25)21(12-15)27-2;1-2(3)4;;/h3-13,22,24-25H,1-2H3;1H3,(H,3,4);1H2;/q;;;+2/b7-3+,8-4+,16-13-;;;. The number of carbonyl (C=O) groups excluding carboxylic acids is 1. The molecule has 33 heavy (non-hydrogen) atoms. The Bertz CT molecular complexity index is 1010. The van der Waals surface area contributed by atoms with Crippen molar-refractivity contribution >= 4 is 23.9 Å². The number of rotatable bonds is 7. The van der Waals surface area contributed by atoms with E-state index in [1.165, 1.54) is 38.5 Å². The second-order valence-electron chi connectivity index (χ2n) is 6.02. The SMILES string of the molecule is CC(=O)O.COc1cc(/C=C/C(=O)/C=C(O)/C=C/c2ccc(O)c(OC)c2)ccc1O.O.[Zn+2]. The van der Waals surface area contributed by atoms with Crippen LogP contribution in [0.4, 0.5) is 0 Å². The molecule has 172 valence electrons. The molecule has 0 aliphatic carbocycles. The van der Waals surface area contributed by atoms with Crippen molar-refractivity contribution in [1.82, 2.24) is 0 Å². The van der Waals surface area contributed by atoms with Crippen LogP contribution in [0.1, 0.15) is 18.1 Å². The van der Waals surface area contributed by atoms with Gasteiger partial charge in [0.15, 0.2) is 28.8 Å². The van der Waals surface area contributed by atoms with E-state index in [9.17, 15) is 20.1 Å². The van der Waals surface area contributed by atoms with E-state index in [2.05, 4.69) is 0 Å². The Labute approximate surface area is 204 Å². The smallest absolute Gasteiger partial charge is 0.508 e. The number of carboxylic acids is 1. The van der Waals surface area contributed by atoms with Crippen LogP contribution in [0, 0.1) is 0 Å². The number of aliphatic carboxylic acids is 1. The third kappa shape index (κ3) is 12.1. The van der Waals surface area contributed by atoms with Crippen LogP contribution in [0.2, 0.25) is 0 Å². The molecular formula is C23H26O9Zn+2. The average Bonchev–Trinajstić information content (AvgIpc) is 2.72. The van der Waals surface area contributed by atoms with Gasteiger partial charge in [-0.1, -0.05) is 24.3 Å². The Morgan fingerprint density at radius 2 is 1.21 bits per heavy atom. The zero-order valence-corrected chi connectivity index (χ0v) is 21.4. The van der Waals surface area contributed by atoms with Gasteiger partial charge in [-0.2, -0.15) is 0 Å². The molecule has 0 atom stereocenters. The number of hydrogen-bond donors (Lipinski definition) is 4. The van der Waals surface area contributed by atoms with E-state index in [-0.39, 0.29) is 42.2 Å². The molecule has 10 heteroatoms. The summed E-state index contributed by atoms with van der Waals surface area (Å²) in [6, 6.07) is 9.38. The largest absolute Gasteiger partial charge is 2.00 e. The molecular weight excluding hydrogens is 486 g/mol. The fourth-order valence-corrected chi connectivity index (χ4v) is 2.20. The van der Waals surface area contributed by atoms with Gasteiger partial charge in [-0.25, -0.2) is 0 Å². The Morgan fingerprint density at radius 3 is 1.61 bits per heavy atom. The number of aliphatic hydroxyl groups excluding tert-OH is 1. The maximum atomic E-state index is 11.9. The van der Waals surface area contributed by atoms with Crippen molar-refractivity contribution in [2.45, 2.75) is 6.92 Å². The molecule has 6 N–H and O–H groups in total. The maximum Gasteiger partial charge on any atom is 2.00 e. The molecule has 0 fully saturated rings. The molecule has 0 amide bonds. The zero-order chi connectivity index (χ0) is 23.4. The van der Waals surface area contributed by atoms with Gasteiger partial charge < -0.3 is 35.4 Å². The van der Waals surface area contributed by atoms with Crippen molar-refractivity contribution in [2.24, 2.45) is 0 Å². The van der Waals surface area contributed by atoms with Crippen LogP contribution in [0.5, 0.6) is 23.0 Å². The second-order valence-corrected chi connectivity index (χ2v) is 6.02. The Balaban J connectivity index is 0. The fourth-order valence-electron chi connectivity index (χ4n) is 2.20. The fraction of sp³-hybridized carbons (Fsp3) is 0.130. The Hall–Kier alpha value is -3.62. The Morgan fingerprint density at radius 1 is 0.818 bits per heavy atom. The first-order chi connectivity index (χ1) is 14.7. The van der Waals surface area contributed by atoms with Crippen LogP contribution in [-0.4, -0.2) is 51.9 Å². The van der Waals surface area contributed by atoms with Gasteiger partial charge in [0.2, 0.25) is 0 Å². The topological polar surface area (TPSA) is 165 Å². The molecule has 0 unspecified atom stereocenters. The number of ketones is 1. The first-order valence-corrected chi connectivity index (χ1v) is 8.90. The van der Waals surface area contributed by atoms with E-state index in [4.69, 9.17) is 19.4 Å². The third-order valence-electron chi connectivity index (χ3n) is 3.58. The summed E-state index contributed by atoms with van der Waals surface area (Å²) in [5, 5.41) is 36.4. The molecule has 0 bridgehead atoms. The van der Waals surface area contributed by atoms with Gasteiger partial charge in [0.1, 0.15) is 5.76 Å². The van der Waals surface area contributed by atoms with E-state index in [1.807, 2.05) is 0 Å². The predicted octanol–water partition coefficient (Wildman–Crippen LogP) is 3.12. The summed E-state index contributed by atoms with van der Waals surface area (Å²) < 4.78 is 10.0. The molecule has 0 saturated heterocycles. The number of methoxy groups -OCH3 is 2. The summed E-state index contributed by atoms with van der Waals surface area (Å²) in [5.74, 6) is -0.832. The molecule has 0 spiro atoms. The first kappa shape index (κ1) is 31.6. The number of benzene rings is 2. The minimum atomic E-state index is -0.833. The van der Waals surface area contributed by atoms with E-state index in [0.29, 0.717) is 22.6 Å². The summed E-state index contributed by atoms with van der Waals surface area (Å²) in [5.41, 5.74) is 1.35. The quantitative estimate of drug-likeness (QED) is 0.190. The average molecular weight is 512 g/mol. The molecule has 9 nitrogen and oxygen atoms in total. The van der Waals surface area contributed by atoms with Gasteiger partial charge >= 0.3 is 19.5 Å². The summed E-state index contributed by atoms with van der Waals surface area (Å²) in [6.07, 6.45) is 6.85. The number of phenolic OH excluding ortho intramolecular Hbond substituents is 2. The minimum Gasteiger partial charge on any atom is -0.508 e. The van der Waals surface area contributed by atoms with Crippen LogP contribution in [0.15, 0.2) is 60.4 Å². The molecule has 0 heterocycles. The van der Waals surface area contributed by atoms with Crippen molar-refractivity contribution in [3.63, 3.8) is 0 Å². The van der Waals surface area contributed by atoms with Gasteiger partial charge in [0.05, 0.1) is 14.2 Å². The molecule has 0 radical (unpaired) electrons. The van der Waals surface area contributed by atoms with Crippen LogP contribution in [0.3, 0.4) is 0 Å². The number of phenols is 2. The number of aromatic hydroxyl groups is 2. The summed E-state index contributed by atoms with van der Waals surface area (Å²) in [7, 11) is 2.87. The van der Waals surface area contributed by atoms with E-state index >= 15 is 0 Å². The Kier molecular flexibility index (Phi) is 15.4. The van der Waals surface area contributed by atoms with Gasteiger partial charge in [-0.3, -0.25) is 9.59 Å². The molecule has 0 aliphatic heterocycles. The van der Waals surface area contributed by atoms with Crippen molar-refractivity contribution < 1.29 is 64.4 Å². The molecule has 0 saturated carbocycles. The number of carboxylic acid groups (broad SMARTS) is 1. The summed E-state index contributed by atoms with van der Waals surface area (Å²) in [4.78, 5) is 20.9. The minimum absolute atomic E-state index is 0. The van der Waals surface area contributed by atoms with Crippen molar-refractivity contribution in [3.05, 3.63) is 71.5 Å². The zero-order valence-electron chi connectivity index (χ0n) is 18.5. The first-order valence-electron chi connectivity index (χ1n) is 8.90. The van der Waals surface area contributed by atoms with Crippen molar-refractivity contribution in [1.29, 1.82) is 0 Å². The van der Waals surface area contributed by atoms with E-state index in [0.717, 1.165) is 13.0 Å². The number of carbonyl (C=O) groups is 2. The van der Waals surface area contributed by atoms with Crippen LogP contribution in [0.25, 0.3) is 12.2 Å². The van der Waals surface area contributed by atoms with E-state index in [1.54, 1.807) is 36.4 Å². The normalized spacial score (nSPS) is 10.5. The monoisotopic (exact) mass is 510 g/mol. The molecule has 0 aromatic heterocycles.